The Hall–Kier alpha value is -4.29. The van der Waals surface area contributed by atoms with Gasteiger partial charge in [0.25, 0.3) is 5.88 Å². The lowest BCUT2D eigenvalue weighted by Gasteiger charge is -2.19. The second-order valence-corrected chi connectivity index (χ2v) is 9.34. The molecule has 0 aliphatic heterocycles. The number of nitrogens with one attached hydrogen (secondary N) is 1. The second kappa shape index (κ2) is 11.6. The molecule has 0 aliphatic rings. The molecular weight excluding hydrogens is 498 g/mol. The van der Waals surface area contributed by atoms with Gasteiger partial charge in [-0.05, 0) is 23.8 Å². The summed E-state index contributed by atoms with van der Waals surface area (Å²) in [5.41, 5.74) is 0.708. The molecule has 0 saturated carbocycles. The lowest BCUT2D eigenvalue weighted by Crippen LogP contribution is -2.24. The first kappa shape index (κ1) is 25.8. The summed E-state index contributed by atoms with van der Waals surface area (Å²) in [6.07, 6.45) is 2.31. The molecule has 11 nitrogen and oxygen atoms in total. The third kappa shape index (κ3) is 6.29. The number of hydrogen-bond donors (Lipinski definition) is 1. The largest absolute Gasteiger partial charge is 0.493 e. The minimum Gasteiger partial charge on any atom is -0.493 e. The number of hydrogen-bond acceptors (Lipinski definition) is 10. The van der Waals surface area contributed by atoms with Gasteiger partial charge in [-0.25, -0.2) is 23.4 Å². The molecule has 0 spiro atoms. The van der Waals surface area contributed by atoms with Gasteiger partial charge in [-0.1, -0.05) is 42.5 Å². The Morgan fingerprint density at radius 2 is 1.49 bits per heavy atom. The highest BCUT2D eigenvalue weighted by atomic mass is 32.2. The maximum absolute atomic E-state index is 13.3. The van der Waals surface area contributed by atoms with Crippen molar-refractivity contribution in [2.45, 2.75) is 6.10 Å². The average Bonchev–Trinajstić information content (AvgIpc) is 2.93. The van der Waals surface area contributed by atoms with Crippen molar-refractivity contribution in [2.24, 2.45) is 0 Å². The Labute approximate surface area is 214 Å². The van der Waals surface area contributed by atoms with Crippen LogP contribution in [0.4, 0.5) is 5.82 Å². The Kier molecular flexibility index (Phi) is 8.11. The summed E-state index contributed by atoms with van der Waals surface area (Å²) in [4.78, 5) is 17.0. The Bertz CT molecular complexity index is 1440. The zero-order chi connectivity index (χ0) is 26.3. The van der Waals surface area contributed by atoms with Crippen molar-refractivity contribution in [3.05, 3.63) is 78.6 Å². The van der Waals surface area contributed by atoms with Crippen molar-refractivity contribution in [3.8, 4) is 34.8 Å². The molecule has 192 valence electrons. The van der Waals surface area contributed by atoms with Crippen molar-refractivity contribution < 1.29 is 27.4 Å². The summed E-state index contributed by atoms with van der Waals surface area (Å²) in [5.74, 6) is 0.274. The molecule has 4 rings (SSSR count). The van der Waals surface area contributed by atoms with Crippen LogP contribution in [-0.2, 0) is 14.8 Å². The van der Waals surface area contributed by atoms with Gasteiger partial charge in [0.15, 0.2) is 23.1 Å². The van der Waals surface area contributed by atoms with E-state index < -0.39 is 16.1 Å². The fourth-order valence-electron chi connectivity index (χ4n) is 3.41. The Morgan fingerprint density at radius 3 is 2.14 bits per heavy atom. The molecule has 0 bridgehead atoms. The lowest BCUT2D eigenvalue weighted by atomic mass is 10.1. The zero-order valence-electron chi connectivity index (χ0n) is 20.4. The molecule has 1 N–H and O–H groups in total. The van der Waals surface area contributed by atoms with Crippen LogP contribution in [0.2, 0.25) is 0 Å². The van der Waals surface area contributed by atoms with Gasteiger partial charge in [0, 0.05) is 19.5 Å². The highest BCUT2D eigenvalue weighted by molar-refractivity contribution is 7.92. The van der Waals surface area contributed by atoms with E-state index in [1.807, 2.05) is 18.2 Å². The fourth-order valence-corrected chi connectivity index (χ4v) is 4.66. The van der Waals surface area contributed by atoms with Crippen LogP contribution in [0.15, 0.2) is 73.1 Å². The Balaban J connectivity index is 1.77. The average molecular weight is 524 g/mol. The quantitative estimate of drug-likeness (QED) is 0.309. The Morgan fingerprint density at radius 1 is 0.811 bits per heavy atom. The van der Waals surface area contributed by atoms with Crippen molar-refractivity contribution in [1.29, 1.82) is 0 Å². The minimum atomic E-state index is -4.02. The van der Waals surface area contributed by atoms with Crippen molar-refractivity contribution in [3.63, 3.8) is 0 Å². The summed E-state index contributed by atoms with van der Waals surface area (Å²) in [7, 11) is 0.292. The summed E-state index contributed by atoms with van der Waals surface area (Å²) in [6.45, 7) is 0. The van der Waals surface area contributed by atoms with Crippen molar-refractivity contribution in [2.75, 3.05) is 31.8 Å². The van der Waals surface area contributed by atoms with E-state index in [-0.39, 0.29) is 34.8 Å². The summed E-state index contributed by atoms with van der Waals surface area (Å²) >= 11 is 0. The second-order valence-electron chi connectivity index (χ2n) is 7.58. The predicted molar refractivity (Wildman–Crippen MR) is 136 cm³/mol. The molecule has 4 aromatic rings. The van der Waals surface area contributed by atoms with E-state index in [9.17, 15) is 8.42 Å². The molecule has 1 atom stereocenters. The van der Waals surface area contributed by atoms with Crippen LogP contribution in [0.5, 0.6) is 23.1 Å². The molecule has 0 saturated heterocycles. The molecule has 1 unspecified atom stereocenters. The molecule has 0 fully saturated rings. The van der Waals surface area contributed by atoms with Crippen LogP contribution in [0.25, 0.3) is 11.6 Å². The zero-order valence-corrected chi connectivity index (χ0v) is 21.2. The number of sulfonamides is 1. The molecule has 37 heavy (non-hydrogen) atoms. The first-order chi connectivity index (χ1) is 17.9. The van der Waals surface area contributed by atoms with Gasteiger partial charge in [0.05, 0.1) is 26.1 Å². The van der Waals surface area contributed by atoms with E-state index in [1.165, 1.54) is 33.7 Å². The van der Waals surface area contributed by atoms with Gasteiger partial charge in [-0.2, -0.15) is 4.98 Å². The van der Waals surface area contributed by atoms with Crippen molar-refractivity contribution >= 4 is 15.8 Å². The van der Waals surface area contributed by atoms with E-state index >= 15 is 0 Å². The van der Waals surface area contributed by atoms with Crippen LogP contribution in [0.1, 0.15) is 11.7 Å². The smallest absolute Gasteiger partial charge is 0.263 e. The molecule has 0 radical (unpaired) electrons. The van der Waals surface area contributed by atoms with E-state index in [0.29, 0.717) is 17.1 Å². The minimum absolute atomic E-state index is 0.0348. The summed E-state index contributed by atoms with van der Waals surface area (Å²) < 4.78 is 51.4. The van der Waals surface area contributed by atoms with Crippen LogP contribution < -0.4 is 18.9 Å². The first-order valence-electron chi connectivity index (χ1n) is 11.1. The molecule has 0 amide bonds. The van der Waals surface area contributed by atoms with Crippen LogP contribution in [-0.4, -0.2) is 55.4 Å². The van der Waals surface area contributed by atoms with Gasteiger partial charge in [0.2, 0.25) is 21.6 Å². The highest BCUT2D eigenvalue weighted by Crippen LogP contribution is 2.41. The number of rotatable bonds is 11. The normalized spacial score (nSPS) is 12.0. The third-order valence-electron chi connectivity index (χ3n) is 5.15. The molecular formula is C25H25N5O6S. The van der Waals surface area contributed by atoms with Gasteiger partial charge < -0.3 is 18.9 Å². The van der Waals surface area contributed by atoms with Gasteiger partial charge in [-0.3, -0.25) is 4.72 Å². The SMILES string of the molecule is COc1ccccc1Oc1c(NS(=O)(=O)CC(OC)c2ccccc2)nc(-c2ncccn2)nc1OC. The van der Waals surface area contributed by atoms with Gasteiger partial charge >= 0.3 is 0 Å². The van der Waals surface area contributed by atoms with E-state index in [0.717, 1.165) is 0 Å². The summed E-state index contributed by atoms with van der Waals surface area (Å²) in [6, 6.07) is 17.5. The van der Waals surface area contributed by atoms with Crippen LogP contribution in [0.3, 0.4) is 0 Å². The number of methoxy groups -OCH3 is 3. The van der Waals surface area contributed by atoms with Crippen molar-refractivity contribution in [1.82, 2.24) is 19.9 Å². The number of anilines is 1. The van der Waals surface area contributed by atoms with Crippen LogP contribution in [0, 0.1) is 0 Å². The van der Waals surface area contributed by atoms with E-state index in [4.69, 9.17) is 18.9 Å². The predicted octanol–water partition coefficient (Wildman–Crippen LogP) is 3.87. The van der Waals surface area contributed by atoms with Gasteiger partial charge in [-0.15, -0.1) is 0 Å². The maximum atomic E-state index is 13.3. The maximum Gasteiger partial charge on any atom is 0.263 e. The number of aromatic nitrogens is 4. The molecule has 2 aromatic carbocycles. The number of ether oxygens (including phenoxy) is 4. The molecule has 2 heterocycles. The standard InChI is InChI=1S/C25H25N5O6S/c1-33-18-12-7-8-13-19(18)36-21-22(28-24(29-25(21)35-3)23-26-14-9-15-27-23)30-37(31,32)16-20(34-2)17-10-5-4-6-11-17/h4-15,20H,16H2,1-3H3,(H,28,29,30). The highest BCUT2D eigenvalue weighted by Gasteiger charge is 2.27. The monoisotopic (exact) mass is 523 g/mol. The third-order valence-corrected chi connectivity index (χ3v) is 6.40. The van der Waals surface area contributed by atoms with E-state index in [1.54, 1.807) is 42.5 Å². The summed E-state index contributed by atoms with van der Waals surface area (Å²) in [5, 5.41) is 0. The first-order valence-corrected chi connectivity index (χ1v) is 12.7. The fraction of sp³-hybridized carbons (Fsp3) is 0.200. The molecule has 12 heteroatoms. The topological polar surface area (TPSA) is 135 Å². The van der Waals surface area contributed by atoms with E-state index in [2.05, 4.69) is 24.7 Å². The number of nitrogens with zero attached hydrogens (tertiary/aromatic N) is 4. The van der Waals surface area contributed by atoms with Crippen LogP contribution >= 0.6 is 0 Å². The van der Waals surface area contributed by atoms with Gasteiger partial charge in [0.1, 0.15) is 0 Å². The lowest BCUT2D eigenvalue weighted by molar-refractivity contribution is 0.122. The molecule has 0 aliphatic carbocycles. The molecule has 2 aromatic heterocycles. The number of para-hydroxylation sites is 2. The number of benzene rings is 2.